The largest absolute Gasteiger partial charge is 0.378 e. The van der Waals surface area contributed by atoms with Crippen molar-refractivity contribution in [2.45, 2.75) is 5.16 Å². The van der Waals surface area contributed by atoms with Crippen LogP contribution in [0.4, 0.5) is 11.4 Å². The lowest BCUT2D eigenvalue weighted by molar-refractivity contribution is -0.113. The molecule has 0 radical (unpaired) electrons. The zero-order chi connectivity index (χ0) is 23.9. The van der Waals surface area contributed by atoms with Crippen molar-refractivity contribution in [3.8, 4) is 22.5 Å². The predicted octanol–water partition coefficient (Wildman–Crippen LogP) is 4.77. The summed E-state index contributed by atoms with van der Waals surface area (Å²) in [5.74, 6) is 0.0670. The first-order valence-electron chi connectivity index (χ1n) is 11.5. The van der Waals surface area contributed by atoms with Crippen LogP contribution in [0.15, 0.2) is 90.1 Å². The van der Waals surface area contributed by atoms with Crippen LogP contribution in [0.2, 0.25) is 0 Å². The van der Waals surface area contributed by atoms with E-state index in [9.17, 15) is 4.79 Å². The number of aromatic nitrogens is 3. The van der Waals surface area contributed by atoms with Crippen LogP contribution in [0.1, 0.15) is 0 Å². The predicted molar refractivity (Wildman–Crippen MR) is 140 cm³/mol. The summed E-state index contributed by atoms with van der Waals surface area (Å²) in [7, 11) is 0. The molecule has 8 heteroatoms. The summed E-state index contributed by atoms with van der Waals surface area (Å²) >= 11 is 1.27. The Balaban J connectivity index is 1.26. The molecule has 0 atom stereocenters. The Morgan fingerprint density at radius 2 is 1.46 bits per heavy atom. The van der Waals surface area contributed by atoms with Crippen LogP contribution in [0.25, 0.3) is 22.5 Å². The summed E-state index contributed by atoms with van der Waals surface area (Å²) in [5, 5.41) is 12.2. The lowest BCUT2D eigenvalue weighted by Gasteiger charge is -2.28. The van der Waals surface area contributed by atoms with Crippen LogP contribution in [0.3, 0.4) is 0 Å². The van der Waals surface area contributed by atoms with Gasteiger partial charge in [0.2, 0.25) is 11.1 Å². The molecule has 0 bridgehead atoms. The molecule has 3 aromatic carbocycles. The molecule has 0 aliphatic carbocycles. The van der Waals surface area contributed by atoms with E-state index in [4.69, 9.17) is 9.72 Å². The van der Waals surface area contributed by atoms with Gasteiger partial charge in [-0.25, -0.2) is 4.98 Å². The van der Waals surface area contributed by atoms with Gasteiger partial charge in [0.05, 0.1) is 19.0 Å². The van der Waals surface area contributed by atoms with Gasteiger partial charge in [-0.1, -0.05) is 72.4 Å². The van der Waals surface area contributed by atoms with E-state index < -0.39 is 0 Å². The van der Waals surface area contributed by atoms with Crippen molar-refractivity contribution in [2.75, 3.05) is 42.3 Å². The fraction of sp³-hybridized carbons (Fsp3) is 0.185. The molecule has 1 saturated heterocycles. The number of hydrogen-bond acceptors (Lipinski definition) is 7. The number of morpholine rings is 1. The third-order valence-electron chi connectivity index (χ3n) is 5.62. The van der Waals surface area contributed by atoms with E-state index in [1.807, 2.05) is 84.9 Å². The van der Waals surface area contributed by atoms with Gasteiger partial charge in [0.25, 0.3) is 0 Å². The van der Waals surface area contributed by atoms with Crippen molar-refractivity contribution in [2.24, 2.45) is 0 Å². The molecule has 0 saturated carbocycles. The molecule has 1 aliphatic rings. The molecule has 1 amide bonds. The average Bonchev–Trinajstić information content (AvgIpc) is 2.94. The van der Waals surface area contributed by atoms with E-state index in [-0.39, 0.29) is 11.7 Å². The monoisotopic (exact) mass is 483 g/mol. The number of hydrogen-bond donors (Lipinski definition) is 1. The third-order valence-corrected chi connectivity index (χ3v) is 6.46. The van der Waals surface area contributed by atoms with Crippen molar-refractivity contribution >= 4 is 29.0 Å². The lowest BCUT2D eigenvalue weighted by Crippen LogP contribution is -2.36. The van der Waals surface area contributed by atoms with Gasteiger partial charge >= 0.3 is 0 Å². The van der Waals surface area contributed by atoms with Crippen molar-refractivity contribution in [1.82, 2.24) is 15.2 Å². The molecule has 0 unspecified atom stereocenters. The SMILES string of the molecule is O=C(CSc1nnc(-c2ccccc2)c(-c2ccccc2)n1)Nc1ccc(N2CCOCC2)cc1. The zero-order valence-electron chi connectivity index (χ0n) is 19.1. The fourth-order valence-electron chi connectivity index (χ4n) is 3.86. The summed E-state index contributed by atoms with van der Waals surface area (Å²) in [4.78, 5) is 19.6. The number of benzene rings is 3. The Morgan fingerprint density at radius 1 is 0.829 bits per heavy atom. The van der Waals surface area contributed by atoms with Gasteiger partial charge < -0.3 is 15.0 Å². The number of carbonyl (C=O) groups excluding carboxylic acids is 1. The van der Waals surface area contributed by atoms with Crippen LogP contribution < -0.4 is 10.2 Å². The van der Waals surface area contributed by atoms with Gasteiger partial charge in [-0.15, -0.1) is 10.2 Å². The number of amides is 1. The van der Waals surface area contributed by atoms with Crippen molar-refractivity contribution in [3.05, 3.63) is 84.9 Å². The van der Waals surface area contributed by atoms with Crippen LogP contribution in [-0.2, 0) is 9.53 Å². The van der Waals surface area contributed by atoms with Gasteiger partial charge in [0.1, 0.15) is 11.4 Å². The second-order valence-electron chi connectivity index (χ2n) is 8.01. The van der Waals surface area contributed by atoms with Crippen molar-refractivity contribution in [3.63, 3.8) is 0 Å². The lowest BCUT2D eigenvalue weighted by atomic mass is 10.0. The Hall–Kier alpha value is -3.75. The van der Waals surface area contributed by atoms with E-state index in [2.05, 4.69) is 20.4 Å². The first kappa shape index (κ1) is 23.0. The minimum atomic E-state index is -0.119. The highest BCUT2D eigenvalue weighted by Gasteiger charge is 2.15. The quantitative estimate of drug-likeness (QED) is 0.379. The molecule has 176 valence electrons. The van der Waals surface area contributed by atoms with E-state index in [1.54, 1.807) is 0 Å². The van der Waals surface area contributed by atoms with E-state index in [1.165, 1.54) is 11.8 Å². The smallest absolute Gasteiger partial charge is 0.234 e. The number of nitrogens with one attached hydrogen (secondary N) is 1. The minimum Gasteiger partial charge on any atom is -0.378 e. The van der Waals surface area contributed by atoms with Gasteiger partial charge in [-0.2, -0.15) is 0 Å². The average molecular weight is 484 g/mol. The highest BCUT2D eigenvalue weighted by atomic mass is 32.2. The van der Waals surface area contributed by atoms with Crippen LogP contribution in [0.5, 0.6) is 0 Å². The van der Waals surface area contributed by atoms with E-state index in [0.29, 0.717) is 10.9 Å². The summed E-state index contributed by atoms with van der Waals surface area (Å²) in [6, 6.07) is 27.7. The third kappa shape index (κ3) is 5.85. The molecular formula is C27H25N5O2S. The Kier molecular flexibility index (Phi) is 7.31. The van der Waals surface area contributed by atoms with Gasteiger partial charge in [0.15, 0.2) is 0 Å². The molecule has 0 spiro atoms. The maximum atomic E-state index is 12.6. The molecule has 1 fully saturated rings. The van der Waals surface area contributed by atoms with Crippen LogP contribution in [0, 0.1) is 0 Å². The summed E-state index contributed by atoms with van der Waals surface area (Å²) in [5.41, 5.74) is 5.25. The molecule has 1 aliphatic heterocycles. The van der Waals surface area contributed by atoms with Crippen molar-refractivity contribution in [1.29, 1.82) is 0 Å². The second-order valence-corrected chi connectivity index (χ2v) is 8.95. The minimum absolute atomic E-state index is 0.119. The number of thioether (sulfide) groups is 1. The molecular weight excluding hydrogens is 458 g/mol. The number of ether oxygens (including phenoxy) is 1. The molecule has 2 heterocycles. The molecule has 1 aromatic heterocycles. The molecule has 7 nitrogen and oxygen atoms in total. The van der Waals surface area contributed by atoms with Gasteiger partial charge in [-0.3, -0.25) is 4.79 Å². The van der Waals surface area contributed by atoms with Crippen molar-refractivity contribution < 1.29 is 9.53 Å². The summed E-state index contributed by atoms with van der Waals surface area (Å²) in [6.45, 7) is 3.24. The highest BCUT2D eigenvalue weighted by Crippen LogP contribution is 2.29. The van der Waals surface area contributed by atoms with Crippen LogP contribution in [-0.4, -0.2) is 53.1 Å². The van der Waals surface area contributed by atoms with Gasteiger partial charge in [-0.05, 0) is 24.3 Å². The zero-order valence-corrected chi connectivity index (χ0v) is 19.9. The second kappa shape index (κ2) is 11.1. The number of carbonyl (C=O) groups is 1. The normalized spacial score (nSPS) is 13.4. The Bertz CT molecular complexity index is 1260. The Morgan fingerprint density at radius 3 is 2.11 bits per heavy atom. The first-order valence-corrected chi connectivity index (χ1v) is 12.5. The number of anilines is 2. The first-order chi connectivity index (χ1) is 17.3. The number of rotatable bonds is 7. The molecule has 5 rings (SSSR count). The highest BCUT2D eigenvalue weighted by molar-refractivity contribution is 7.99. The maximum Gasteiger partial charge on any atom is 0.234 e. The van der Waals surface area contributed by atoms with Gasteiger partial charge in [0, 0.05) is 35.6 Å². The summed E-state index contributed by atoms with van der Waals surface area (Å²) < 4.78 is 5.41. The van der Waals surface area contributed by atoms with E-state index >= 15 is 0 Å². The summed E-state index contributed by atoms with van der Waals surface area (Å²) in [6.07, 6.45) is 0. The molecule has 35 heavy (non-hydrogen) atoms. The topological polar surface area (TPSA) is 80.2 Å². The molecule has 1 N–H and O–H groups in total. The van der Waals surface area contributed by atoms with E-state index in [0.717, 1.165) is 54.5 Å². The fourth-order valence-corrected chi connectivity index (χ4v) is 4.45. The number of nitrogens with zero attached hydrogens (tertiary/aromatic N) is 4. The standard InChI is InChI=1S/C27H25N5O2S/c33-24(28-22-11-13-23(14-12-22)32-15-17-34-18-16-32)19-35-27-29-25(20-7-3-1-4-8-20)26(30-31-27)21-9-5-2-6-10-21/h1-14H,15-19H2,(H,28,33). The molecule has 4 aromatic rings. The Labute approximate surface area is 208 Å². The van der Waals surface area contributed by atoms with Crippen LogP contribution >= 0.6 is 11.8 Å². The maximum absolute atomic E-state index is 12.6.